The molecule has 0 amide bonds. The lowest BCUT2D eigenvalue weighted by molar-refractivity contribution is 0.707. The van der Waals surface area contributed by atoms with E-state index in [0.717, 1.165) is 27.9 Å². The number of aromatic nitrogens is 3. The van der Waals surface area contributed by atoms with E-state index >= 15 is 0 Å². The van der Waals surface area contributed by atoms with Crippen molar-refractivity contribution in [2.24, 2.45) is 14.1 Å². The maximum Gasteiger partial charge on any atom is 0.332 e. The third kappa shape index (κ3) is 2.63. The van der Waals surface area contributed by atoms with Crippen LogP contribution in [0.2, 0.25) is 0 Å². The van der Waals surface area contributed by atoms with Crippen molar-refractivity contribution in [2.75, 3.05) is 11.4 Å². The first kappa shape index (κ1) is 17.0. The highest BCUT2D eigenvalue weighted by atomic mass is 16.2. The average molecular weight is 338 g/mol. The lowest BCUT2D eigenvalue weighted by Gasteiger charge is -2.27. The maximum absolute atomic E-state index is 12.9. The summed E-state index contributed by atoms with van der Waals surface area (Å²) in [7, 11) is 3.15. The molecule has 0 radical (unpaired) electrons. The first-order chi connectivity index (χ1) is 12.0. The van der Waals surface area contributed by atoms with Gasteiger partial charge >= 0.3 is 5.69 Å². The van der Waals surface area contributed by atoms with Gasteiger partial charge in [0.2, 0.25) is 0 Å². The summed E-state index contributed by atoms with van der Waals surface area (Å²) in [4.78, 5) is 31.7. The predicted molar refractivity (Wildman–Crippen MR) is 101 cm³/mol. The van der Waals surface area contributed by atoms with E-state index < -0.39 is 0 Å². The van der Waals surface area contributed by atoms with Crippen molar-refractivity contribution in [2.45, 2.75) is 20.3 Å². The van der Waals surface area contributed by atoms with Gasteiger partial charge in [-0.05, 0) is 31.0 Å². The third-order valence-corrected chi connectivity index (χ3v) is 4.55. The van der Waals surface area contributed by atoms with Crippen LogP contribution < -0.4 is 16.1 Å². The summed E-state index contributed by atoms with van der Waals surface area (Å²) in [5.74, 6) is 0. The zero-order chi connectivity index (χ0) is 18.1. The fourth-order valence-electron chi connectivity index (χ4n) is 3.20. The van der Waals surface area contributed by atoms with Gasteiger partial charge in [-0.2, -0.15) is 0 Å². The van der Waals surface area contributed by atoms with Gasteiger partial charge in [-0.3, -0.25) is 13.9 Å². The van der Waals surface area contributed by atoms with Crippen molar-refractivity contribution in [1.82, 2.24) is 14.1 Å². The van der Waals surface area contributed by atoms with Crippen LogP contribution in [0.3, 0.4) is 0 Å². The van der Waals surface area contributed by atoms with E-state index in [0.29, 0.717) is 17.6 Å². The van der Waals surface area contributed by atoms with Gasteiger partial charge in [0.15, 0.2) is 5.65 Å². The third-order valence-electron chi connectivity index (χ3n) is 4.55. The van der Waals surface area contributed by atoms with Crippen molar-refractivity contribution in [3.8, 4) is 0 Å². The lowest BCUT2D eigenvalue weighted by atomic mass is 10.1. The molecule has 0 spiro atoms. The molecule has 130 valence electrons. The average Bonchev–Trinajstić information content (AvgIpc) is 2.65. The highest BCUT2D eigenvalue weighted by Crippen LogP contribution is 2.32. The van der Waals surface area contributed by atoms with Gasteiger partial charge in [-0.25, -0.2) is 9.78 Å². The van der Waals surface area contributed by atoms with Crippen LogP contribution >= 0.6 is 0 Å². The van der Waals surface area contributed by atoms with Crippen molar-refractivity contribution in [1.29, 1.82) is 0 Å². The van der Waals surface area contributed by atoms with E-state index in [2.05, 4.69) is 9.88 Å². The van der Waals surface area contributed by atoms with Gasteiger partial charge in [0, 0.05) is 32.5 Å². The molecule has 0 fully saturated rings. The number of nitrogens with zero attached hydrogens (tertiary/aromatic N) is 4. The Morgan fingerprint density at radius 2 is 1.72 bits per heavy atom. The number of benzene rings is 1. The summed E-state index contributed by atoms with van der Waals surface area (Å²) in [6, 6.07) is 9.94. The summed E-state index contributed by atoms with van der Waals surface area (Å²) in [5.41, 5.74) is 2.54. The van der Waals surface area contributed by atoms with Crippen molar-refractivity contribution in [3.63, 3.8) is 0 Å². The quantitative estimate of drug-likeness (QED) is 0.733. The van der Waals surface area contributed by atoms with Crippen LogP contribution in [0.15, 0.2) is 46.1 Å². The molecule has 3 rings (SSSR count). The van der Waals surface area contributed by atoms with E-state index in [4.69, 9.17) is 0 Å². The van der Waals surface area contributed by atoms with Crippen molar-refractivity contribution >= 4 is 22.4 Å². The number of rotatable bonds is 4. The number of fused-ring (bicyclic) bond motifs is 1. The second kappa shape index (κ2) is 6.55. The Bertz CT molecular complexity index is 1040. The van der Waals surface area contributed by atoms with E-state index in [-0.39, 0.29) is 11.2 Å². The van der Waals surface area contributed by atoms with Gasteiger partial charge in [0.05, 0.1) is 5.69 Å². The molecule has 0 unspecified atom stereocenters. The van der Waals surface area contributed by atoms with Crippen LogP contribution in [0.1, 0.15) is 19.4 Å². The number of para-hydroxylation sites is 1. The largest absolute Gasteiger partial charge is 0.341 e. The molecule has 0 saturated heterocycles. The second-order valence-corrected chi connectivity index (χ2v) is 5.97. The molecule has 0 aliphatic rings. The zero-order valence-corrected chi connectivity index (χ0v) is 15.0. The van der Waals surface area contributed by atoms with Gasteiger partial charge < -0.3 is 4.90 Å². The molecule has 6 nitrogen and oxygen atoms in total. The molecule has 0 bridgehead atoms. The Hall–Kier alpha value is -2.89. The molecular weight excluding hydrogens is 316 g/mol. The molecule has 0 aliphatic carbocycles. The Morgan fingerprint density at radius 1 is 1.04 bits per heavy atom. The highest BCUT2D eigenvalue weighted by molar-refractivity contribution is 5.93. The second-order valence-electron chi connectivity index (χ2n) is 5.97. The van der Waals surface area contributed by atoms with Crippen molar-refractivity contribution in [3.05, 3.63) is 62.9 Å². The SMILES string of the molecule is CCc1cnc2c(c1N(CC)c1ccccc1)c(=O)n(C)c(=O)n2C. The Balaban J connectivity index is 2.48. The minimum atomic E-state index is -0.372. The Kier molecular flexibility index (Phi) is 4.44. The minimum Gasteiger partial charge on any atom is -0.341 e. The van der Waals surface area contributed by atoms with Crippen molar-refractivity contribution < 1.29 is 0 Å². The molecule has 0 N–H and O–H groups in total. The molecule has 3 aromatic rings. The monoisotopic (exact) mass is 338 g/mol. The van der Waals surface area contributed by atoms with Crippen LogP contribution in [-0.2, 0) is 20.5 Å². The molecule has 25 heavy (non-hydrogen) atoms. The highest BCUT2D eigenvalue weighted by Gasteiger charge is 2.21. The van der Waals surface area contributed by atoms with Crippen LogP contribution in [0.25, 0.3) is 11.0 Å². The summed E-state index contributed by atoms with van der Waals surface area (Å²) in [5, 5.41) is 0.481. The van der Waals surface area contributed by atoms with Crippen LogP contribution in [-0.4, -0.2) is 20.7 Å². The predicted octanol–water partition coefficient (Wildman–Crippen LogP) is 2.35. The Morgan fingerprint density at radius 3 is 2.32 bits per heavy atom. The minimum absolute atomic E-state index is 0.315. The normalized spacial score (nSPS) is 11.0. The van der Waals surface area contributed by atoms with Crippen LogP contribution in [0, 0.1) is 0 Å². The van der Waals surface area contributed by atoms with E-state index in [1.54, 1.807) is 13.2 Å². The first-order valence-electron chi connectivity index (χ1n) is 8.41. The van der Waals surface area contributed by atoms with Crippen LogP contribution in [0.4, 0.5) is 11.4 Å². The molecule has 0 atom stereocenters. The molecule has 6 heteroatoms. The van der Waals surface area contributed by atoms with E-state index in [1.165, 1.54) is 11.6 Å². The number of anilines is 2. The van der Waals surface area contributed by atoms with Gasteiger partial charge in [-0.15, -0.1) is 0 Å². The Labute approximate surface area is 146 Å². The van der Waals surface area contributed by atoms with Gasteiger partial charge in [-0.1, -0.05) is 25.1 Å². The molecule has 0 saturated carbocycles. The summed E-state index contributed by atoms with van der Waals surface area (Å²) in [6.07, 6.45) is 2.51. The maximum atomic E-state index is 12.9. The number of hydrogen-bond donors (Lipinski definition) is 0. The summed E-state index contributed by atoms with van der Waals surface area (Å²) in [6.45, 7) is 4.78. The molecule has 1 aromatic carbocycles. The molecular formula is C19H22N4O2. The molecule has 0 aliphatic heterocycles. The standard InChI is InChI=1S/C19H22N4O2/c1-5-13-12-20-17-15(18(24)22(4)19(25)21(17)3)16(13)23(6-2)14-10-8-7-9-11-14/h7-12H,5-6H2,1-4H3. The number of aryl methyl sites for hydroxylation is 2. The smallest absolute Gasteiger partial charge is 0.332 e. The number of hydrogen-bond acceptors (Lipinski definition) is 4. The van der Waals surface area contributed by atoms with E-state index in [1.807, 2.05) is 44.2 Å². The fourth-order valence-corrected chi connectivity index (χ4v) is 3.20. The van der Waals surface area contributed by atoms with Crippen LogP contribution in [0.5, 0.6) is 0 Å². The topological polar surface area (TPSA) is 60.1 Å². The zero-order valence-electron chi connectivity index (χ0n) is 15.0. The van der Waals surface area contributed by atoms with Gasteiger partial charge in [0.25, 0.3) is 5.56 Å². The molecule has 2 heterocycles. The lowest BCUT2D eigenvalue weighted by Crippen LogP contribution is -2.38. The number of pyridine rings is 1. The van der Waals surface area contributed by atoms with Gasteiger partial charge in [0.1, 0.15) is 5.39 Å². The van der Waals surface area contributed by atoms with E-state index in [9.17, 15) is 9.59 Å². The summed E-state index contributed by atoms with van der Waals surface area (Å²) < 4.78 is 2.57. The summed E-state index contributed by atoms with van der Waals surface area (Å²) >= 11 is 0. The molecule has 2 aromatic heterocycles. The first-order valence-corrected chi connectivity index (χ1v) is 8.41. The fraction of sp³-hybridized carbons (Fsp3) is 0.316.